The summed E-state index contributed by atoms with van der Waals surface area (Å²) in [5.74, 6) is -0.0906. The third-order valence-corrected chi connectivity index (χ3v) is 7.66. The highest BCUT2D eigenvalue weighted by atomic mass is 35.5. The van der Waals surface area contributed by atoms with E-state index in [9.17, 15) is 9.59 Å². The van der Waals surface area contributed by atoms with E-state index in [0.717, 1.165) is 48.1 Å². The molecule has 0 spiro atoms. The average molecular weight is 476 g/mol. The first kappa shape index (κ1) is 24.2. The van der Waals surface area contributed by atoms with E-state index in [-0.39, 0.29) is 17.6 Å². The van der Waals surface area contributed by atoms with Gasteiger partial charge in [-0.1, -0.05) is 72.3 Å². The number of rotatable bonds is 9. The van der Waals surface area contributed by atoms with Crippen LogP contribution in [0.25, 0.3) is 0 Å². The van der Waals surface area contributed by atoms with Crippen LogP contribution >= 0.6 is 11.6 Å². The number of nitrogens with zero attached hydrogens (tertiary/aromatic N) is 1. The highest BCUT2D eigenvalue weighted by Crippen LogP contribution is 2.45. The normalized spacial score (nSPS) is 20.2. The van der Waals surface area contributed by atoms with Crippen LogP contribution in [0.5, 0.6) is 0 Å². The maximum absolute atomic E-state index is 13.3. The molecule has 1 saturated heterocycles. The van der Waals surface area contributed by atoms with Crippen molar-refractivity contribution < 1.29 is 14.1 Å². The van der Waals surface area contributed by atoms with Gasteiger partial charge in [-0.25, -0.2) is 0 Å². The summed E-state index contributed by atoms with van der Waals surface area (Å²) in [7, 11) is 2.23. The quantitative estimate of drug-likeness (QED) is 0.340. The zero-order valence-corrected chi connectivity index (χ0v) is 20.4. The van der Waals surface area contributed by atoms with Gasteiger partial charge in [0, 0.05) is 35.8 Å². The van der Waals surface area contributed by atoms with Gasteiger partial charge in [-0.05, 0) is 35.4 Å². The molecule has 1 aliphatic rings. The van der Waals surface area contributed by atoms with Crippen LogP contribution in [0.15, 0.2) is 84.9 Å². The molecule has 4 nitrogen and oxygen atoms in total. The largest absolute Gasteiger partial charge is 0.369 e. The molecule has 1 unspecified atom stereocenters. The summed E-state index contributed by atoms with van der Waals surface area (Å²) in [5.41, 5.74) is 7.94. The zero-order valence-electron chi connectivity index (χ0n) is 19.6. The highest BCUT2D eigenvalue weighted by Gasteiger charge is 2.53. The molecule has 2 atom stereocenters. The second-order valence-corrected chi connectivity index (χ2v) is 10.1. The minimum atomic E-state index is -0.877. The lowest BCUT2D eigenvalue weighted by Crippen LogP contribution is -2.51. The Labute approximate surface area is 206 Å². The molecule has 5 heteroatoms. The number of likely N-dealkylation sites (tertiary alicyclic amines) is 1. The number of hydrogen-bond donors (Lipinski definition) is 1. The Morgan fingerprint density at radius 1 is 0.941 bits per heavy atom. The minimum Gasteiger partial charge on any atom is -0.369 e. The van der Waals surface area contributed by atoms with E-state index in [1.54, 1.807) is 24.3 Å². The number of quaternary nitrogens is 1. The van der Waals surface area contributed by atoms with Crippen molar-refractivity contribution >= 4 is 23.3 Å². The second kappa shape index (κ2) is 10.1. The van der Waals surface area contributed by atoms with Crippen molar-refractivity contribution in [1.82, 2.24) is 0 Å². The van der Waals surface area contributed by atoms with Crippen LogP contribution in [-0.4, -0.2) is 42.9 Å². The van der Waals surface area contributed by atoms with Gasteiger partial charge in [0.05, 0.1) is 26.7 Å². The lowest BCUT2D eigenvalue weighted by Gasteiger charge is -2.38. The van der Waals surface area contributed by atoms with Crippen molar-refractivity contribution in [3.8, 4) is 0 Å². The van der Waals surface area contributed by atoms with Gasteiger partial charge in [-0.15, -0.1) is 0 Å². The standard InChI is InChI=1S/C29H31ClN2O2/c1-32(19-8-13-27(33)22-14-16-26(30)17-15-22)20-18-25(21-32)29(28(31)34,23-9-4-2-5-10-23)24-11-6-3-7-12-24/h2-7,9-12,14-17,25H,8,13,18-21H2,1H3,(H-,31,34)/p+1/t25?,32-/m0/s1. The first-order valence-electron chi connectivity index (χ1n) is 11.9. The number of halogens is 1. The van der Waals surface area contributed by atoms with Crippen LogP contribution in [0.4, 0.5) is 0 Å². The van der Waals surface area contributed by atoms with E-state index in [4.69, 9.17) is 17.3 Å². The molecular formula is C29H32ClN2O2+. The first-order valence-corrected chi connectivity index (χ1v) is 12.3. The van der Waals surface area contributed by atoms with Crippen molar-refractivity contribution in [1.29, 1.82) is 0 Å². The van der Waals surface area contributed by atoms with Crippen molar-refractivity contribution in [2.24, 2.45) is 11.7 Å². The zero-order chi connectivity index (χ0) is 24.2. The summed E-state index contributed by atoms with van der Waals surface area (Å²) in [6, 6.07) is 27.0. The Kier molecular flexibility index (Phi) is 7.20. The van der Waals surface area contributed by atoms with Crippen LogP contribution in [0.1, 0.15) is 40.7 Å². The number of benzene rings is 3. The minimum absolute atomic E-state index is 0.0757. The summed E-state index contributed by atoms with van der Waals surface area (Å²) < 4.78 is 0.827. The lowest BCUT2D eigenvalue weighted by molar-refractivity contribution is -0.899. The van der Waals surface area contributed by atoms with Crippen LogP contribution in [-0.2, 0) is 10.2 Å². The number of ketones is 1. The fraction of sp³-hybridized carbons (Fsp3) is 0.310. The van der Waals surface area contributed by atoms with Gasteiger partial charge in [0.25, 0.3) is 0 Å². The van der Waals surface area contributed by atoms with Gasteiger partial charge in [-0.3, -0.25) is 9.59 Å². The van der Waals surface area contributed by atoms with E-state index in [2.05, 4.69) is 7.05 Å². The van der Waals surface area contributed by atoms with Crippen LogP contribution in [0.3, 0.4) is 0 Å². The summed E-state index contributed by atoms with van der Waals surface area (Å²) in [4.78, 5) is 25.9. The number of carbonyl (C=O) groups is 2. The molecule has 0 aliphatic carbocycles. The molecule has 34 heavy (non-hydrogen) atoms. The number of Topliss-reactive ketones (excluding diaryl/α,β-unsaturated/α-hetero) is 1. The van der Waals surface area contributed by atoms with Gasteiger partial charge in [0.2, 0.25) is 5.91 Å². The van der Waals surface area contributed by atoms with Crippen LogP contribution in [0, 0.1) is 5.92 Å². The molecule has 1 aliphatic heterocycles. The Balaban J connectivity index is 1.53. The third kappa shape index (κ3) is 4.79. The molecule has 3 aromatic carbocycles. The van der Waals surface area contributed by atoms with Crippen LogP contribution < -0.4 is 5.73 Å². The third-order valence-electron chi connectivity index (χ3n) is 7.41. The molecule has 1 heterocycles. The Bertz CT molecular complexity index is 1090. The number of nitrogens with two attached hydrogens (primary N) is 1. The van der Waals surface area contributed by atoms with E-state index >= 15 is 0 Å². The predicted molar refractivity (Wildman–Crippen MR) is 137 cm³/mol. The molecule has 3 aromatic rings. The van der Waals surface area contributed by atoms with Gasteiger partial charge in [0.15, 0.2) is 5.78 Å². The van der Waals surface area contributed by atoms with E-state index < -0.39 is 5.41 Å². The smallest absolute Gasteiger partial charge is 0.233 e. The number of hydrogen-bond acceptors (Lipinski definition) is 2. The second-order valence-electron chi connectivity index (χ2n) is 9.67. The molecule has 1 amide bonds. The molecule has 2 N–H and O–H groups in total. The maximum Gasteiger partial charge on any atom is 0.233 e. The molecule has 176 valence electrons. The van der Waals surface area contributed by atoms with E-state index in [1.807, 2.05) is 60.7 Å². The van der Waals surface area contributed by atoms with Crippen molar-refractivity contribution in [2.45, 2.75) is 24.7 Å². The fourth-order valence-electron chi connectivity index (χ4n) is 5.67. The molecule has 0 radical (unpaired) electrons. The predicted octanol–water partition coefficient (Wildman–Crippen LogP) is 5.24. The van der Waals surface area contributed by atoms with Crippen molar-refractivity contribution in [2.75, 3.05) is 26.7 Å². The van der Waals surface area contributed by atoms with Crippen LogP contribution in [0.2, 0.25) is 5.02 Å². The Morgan fingerprint density at radius 3 is 2.03 bits per heavy atom. The number of amides is 1. The monoisotopic (exact) mass is 475 g/mol. The van der Waals surface area contributed by atoms with Gasteiger partial charge in [0.1, 0.15) is 5.41 Å². The fourth-order valence-corrected chi connectivity index (χ4v) is 5.79. The number of carbonyl (C=O) groups excluding carboxylic acids is 2. The molecule has 0 bridgehead atoms. The van der Waals surface area contributed by atoms with Gasteiger partial charge in [-0.2, -0.15) is 0 Å². The molecule has 4 rings (SSSR count). The summed E-state index contributed by atoms with van der Waals surface area (Å²) >= 11 is 5.94. The van der Waals surface area contributed by atoms with E-state index in [0.29, 0.717) is 17.0 Å². The van der Waals surface area contributed by atoms with E-state index in [1.165, 1.54) is 0 Å². The topological polar surface area (TPSA) is 60.2 Å². The van der Waals surface area contributed by atoms with Gasteiger partial charge >= 0.3 is 0 Å². The Morgan fingerprint density at radius 2 is 1.50 bits per heavy atom. The lowest BCUT2D eigenvalue weighted by atomic mass is 9.64. The highest BCUT2D eigenvalue weighted by molar-refractivity contribution is 6.30. The van der Waals surface area contributed by atoms with Crippen molar-refractivity contribution in [3.63, 3.8) is 0 Å². The average Bonchev–Trinajstić information content (AvgIpc) is 3.23. The van der Waals surface area contributed by atoms with Crippen molar-refractivity contribution in [3.05, 3.63) is 107 Å². The summed E-state index contributed by atoms with van der Waals surface area (Å²) in [6.45, 7) is 2.67. The van der Waals surface area contributed by atoms with Gasteiger partial charge < -0.3 is 10.2 Å². The maximum atomic E-state index is 13.3. The number of primary amides is 1. The summed E-state index contributed by atoms with van der Waals surface area (Å²) in [5, 5.41) is 0.632. The SMILES string of the molecule is C[N@+]1(CCCC(=O)c2ccc(Cl)cc2)CCC(C(C(N)=O)(c2ccccc2)c2ccccc2)C1. The molecule has 0 aromatic heterocycles. The molecule has 0 saturated carbocycles. The molecular weight excluding hydrogens is 444 g/mol. The Hall–Kier alpha value is -2.95. The first-order chi connectivity index (χ1) is 16.3. The molecule has 1 fully saturated rings. The summed E-state index contributed by atoms with van der Waals surface area (Å²) in [6.07, 6.45) is 2.19.